The number of non-ortho nitro benzene ring substituents is 1. The van der Waals surface area contributed by atoms with Gasteiger partial charge in [-0.1, -0.05) is 42.5 Å². The zero-order chi connectivity index (χ0) is 23.4. The molecule has 1 unspecified atom stereocenters. The third kappa shape index (κ3) is 4.79. The lowest BCUT2D eigenvalue weighted by Gasteiger charge is -2.29. The van der Waals surface area contributed by atoms with Crippen molar-refractivity contribution in [3.05, 3.63) is 81.4 Å². The Morgan fingerprint density at radius 2 is 1.79 bits per heavy atom. The summed E-state index contributed by atoms with van der Waals surface area (Å²) in [7, 11) is 0. The van der Waals surface area contributed by atoms with Gasteiger partial charge in [-0.15, -0.1) is 0 Å². The number of likely N-dealkylation sites (tertiary alicyclic amines) is 1. The number of nitro benzene ring substituents is 1. The Morgan fingerprint density at radius 3 is 2.48 bits per heavy atom. The van der Waals surface area contributed by atoms with E-state index in [-0.39, 0.29) is 23.6 Å². The molecule has 1 N–H and O–H groups in total. The second-order valence-electron chi connectivity index (χ2n) is 8.02. The minimum Gasteiger partial charge on any atom is -0.507 e. The monoisotopic (exact) mass is 451 g/mol. The molecule has 0 radical (unpaired) electrons. The normalized spacial score (nSPS) is 20.8. The summed E-state index contributed by atoms with van der Waals surface area (Å²) in [5.74, 6) is -1.80. The largest absolute Gasteiger partial charge is 0.507 e. The van der Waals surface area contributed by atoms with Crippen LogP contribution >= 0.6 is 0 Å². The van der Waals surface area contributed by atoms with Crippen molar-refractivity contribution in [3.63, 3.8) is 0 Å². The summed E-state index contributed by atoms with van der Waals surface area (Å²) in [6.07, 6.45) is 0.615. The molecular formula is C24H25N3O6. The Hall–Kier alpha value is -3.56. The first-order valence-corrected chi connectivity index (χ1v) is 10.9. The molecule has 172 valence electrons. The van der Waals surface area contributed by atoms with Crippen LogP contribution in [0, 0.1) is 10.1 Å². The smallest absolute Gasteiger partial charge is 0.295 e. The Labute approximate surface area is 191 Å². The number of hydrogen-bond acceptors (Lipinski definition) is 7. The van der Waals surface area contributed by atoms with Crippen LogP contribution < -0.4 is 0 Å². The second kappa shape index (κ2) is 9.93. The molecule has 0 aliphatic carbocycles. The summed E-state index contributed by atoms with van der Waals surface area (Å²) >= 11 is 0. The molecule has 2 saturated heterocycles. The van der Waals surface area contributed by atoms with Gasteiger partial charge in [0, 0.05) is 43.9 Å². The number of carbonyl (C=O) groups excluding carboxylic acids is 2. The highest BCUT2D eigenvalue weighted by molar-refractivity contribution is 6.46. The zero-order valence-electron chi connectivity index (χ0n) is 18.1. The van der Waals surface area contributed by atoms with Crippen LogP contribution in [0.2, 0.25) is 0 Å². The van der Waals surface area contributed by atoms with Crippen LogP contribution in [0.5, 0.6) is 0 Å². The van der Waals surface area contributed by atoms with E-state index in [4.69, 9.17) is 4.74 Å². The zero-order valence-corrected chi connectivity index (χ0v) is 18.1. The van der Waals surface area contributed by atoms with Crippen LogP contribution in [0.25, 0.3) is 5.76 Å². The number of aliphatic hydroxyl groups excluding tert-OH is 1. The molecule has 0 bridgehead atoms. The quantitative estimate of drug-likeness (QED) is 0.226. The van der Waals surface area contributed by atoms with Crippen LogP contribution in [-0.4, -0.2) is 70.9 Å². The topological polar surface area (TPSA) is 113 Å². The van der Waals surface area contributed by atoms with E-state index in [0.29, 0.717) is 30.8 Å². The maximum atomic E-state index is 13.0. The van der Waals surface area contributed by atoms with Gasteiger partial charge in [-0.3, -0.25) is 24.6 Å². The summed E-state index contributed by atoms with van der Waals surface area (Å²) in [6.45, 7) is 3.94. The van der Waals surface area contributed by atoms with Gasteiger partial charge in [0.2, 0.25) is 0 Å². The SMILES string of the molecule is O=C1C(=O)N(CCCN2CCOCC2)C(c2cccc([N+](=O)[O-])c2)/C1=C(/O)c1ccccc1. The minimum absolute atomic E-state index is 0.0573. The van der Waals surface area contributed by atoms with Crippen LogP contribution in [0.1, 0.15) is 23.6 Å². The van der Waals surface area contributed by atoms with E-state index in [1.807, 2.05) is 0 Å². The Morgan fingerprint density at radius 1 is 1.06 bits per heavy atom. The highest BCUT2D eigenvalue weighted by Gasteiger charge is 2.46. The standard InChI is InChI=1S/C24H25N3O6/c28-22(17-6-2-1-3-7-17)20-21(18-8-4-9-19(16-18)27(31)32)26(24(30)23(20)29)11-5-10-25-12-14-33-15-13-25/h1-4,6-9,16,21,28H,5,10-15H2/b22-20-. The number of nitrogens with zero attached hydrogens (tertiary/aromatic N) is 3. The molecule has 1 atom stereocenters. The molecule has 0 saturated carbocycles. The summed E-state index contributed by atoms with van der Waals surface area (Å²) in [4.78, 5) is 40.5. The van der Waals surface area contributed by atoms with Crippen molar-refractivity contribution in [1.29, 1.82) is 0 Å². The lowest BCUT2D eigenvalue weighted by atomic mass is 9.95. The van der Waals surface area contributed by atoms with E-state index in [1.165, 1.54) is 23.1 Å². The minimum atomic E-state index is -0.908. The summed E-state index contributed by atoms with van der Waals surface area (Å²) in [6, 6.07) is 13.5. The molecule has 2 aliphatic rings. The van der Waals surface area contributed by atoms with Crippen molar-refractivity contribution < 1.29 is 24.4 Å². The number of ether oxygens (including phenoxy) is 1. The van der Waals surface area contributed by atoms with Crippen molar-refractivity contribution in [2.24, 2.45) is 0 Å². The third-order valence-corrected chi connectivity index (χ3v) is 5.96. The molecule has 2 aromatic rings. The number of carbonyl (C=O) groups is 2. The Kier molecular flexibility index (Phi) is 6.81. The molecule has 0 aromatic heterocycles. The number of aliphatic hydroxyl groups is 1. The van der Waals surface area contributed by atoms with Gasteiger partial charge >= 0.3 is 0 Å². The molecular weight excluding hydrogens is 426 g/mol. The van der Waals surface area contributed by atoms with Gasteiger partial charge in [-0.05, 0) is 12.0 Å². The van der Waals surface area contributed by atoms with Crippen molar-refractivity contribution in [3.8, 4) is 0 Å². The first kappa shape index (κ1) is 22.6. The molecule has 2 heterocycles. The van der Waals surface area contributed by atoms with Crippen LogP contribution in [0.3, 0.4) is 0 Å². The van der Waals surface area contributed by atoms with Gasteiger partial charge in [0.25, 0.3) is 17.4 Å². The van der Waals surface area contributed by atoms with Gasteiger partial charge in [0.1, 0.15) is 5.76 Å². The second-order valence-corrected chi connectivity index (χ2v) is 8.02. The number of benzene rings is 2. The van der Waals surface area contributed by atoms with Gasteiger partial charge in [-0.25, -0.2) is 0 Å². The fourth-order valence-corrected chi connectivity index (χ4v) is 4.31. The highest BCUT2D eigenvalue weighted by Crippen LogP contribution is 2.40. The number of ketones is 1. The fraction of sp³-hybridized carbons (Fsp3) is 0.333. The number of hydrogen-bond donors (Lipinski definition) is 1. The van der Waals surface area contributed by atoms with E-state index in [0.717, 1.165) is 19.6 Å². The predicted octanol–water partition coefficient (Wildman–Crippen LogP) is 2.74. The Balaban J connectivity index is 1.70. The fourth-order valence-electron chi connectivity index (χ4n) is 4.31. The van der Waals surface area contributed by atoms with Crippen LogP contribution in [-0.2, 0) is 14.3 Å². The van der Waals surface area contributed by atoms with Gasteiger partial charge in [-0.2, -0.15) is 0 Å². The number of morpholine rings is 1. The van der Waals surface area contributed by atoms with Crippen molar-refractivity contribution >= 4 is 23.1 Å². The number of Topliss-reactive ketones (excluding diaryl/α,β-unsaturated/α-hetero) is 1. The first-order chi connectivity index (χ1) is 16.0. The van der Waals surface area contributed by atoms with E-state index >= 15 is 0 Å². The molecule has 2 fully saturated rings. The molecule has 4 rings (SSSR count). The lowest BCUT2D eigenvalue weighted by molar-refractivity contribution is -0.384. The number of rotatable bonds is 7. The predicted molar refractivity (Wildman–Crippen MR) is 120 cm³/mol. The lowest BCUT2D eigenvalue weighted by Crippen LogP contribution is -2.39. The average Bonchev–Trinajstić information content (AvgIpc) is 3.10. The maximum Gasteiger partial charge on any atom is 0.295 e. The van der Waals surface area contributed by atoms with Crippen LogP contribution in [0.15, 0.2) is 60.2 Å². The van der Waals surface area contributed by atoms with Crippen molar-refractivity contribution in [2.45, 2.75) is 12.5 Å². The molecule has 2 aromatic carbocycles. The summed E-state index contributed by atoms with van der Waals surface area (Å²) in [5, 5.41) is 22.3. The van der Waals surface area contributed by atoms with Crippen LogP contribution in [0.4, 0.5) is 5.69 Å². The van der Waals surface area contributed by atoms with Gasteiger partial charge < -0.3 is 14.7 Å². The van der Waals surface area contributed by atoms with E-state index < -0.39 is 22.7 Å². The molecule has 9 heteroatoms. The average molecular weight is 451 g/mol. The molecule has 1 amide bonds. The van der Waals surface area contributed by atoms with E-state index in [1.54, 1.807) is 36.4 Å². The first-order valence-electron chi connectivity index (χ1n) is 10.9. The van der Waals surface area contributed by atoms with Gasteiger partial charge in [0.15, 0.2) is 0 Å². The van der Waals surface area contributed by atoms with Crippen molar-refractivity contribution in [1.82, 2.24) is 9.80 Å². The molecule has 0 spiro atoms. The highest BCUT2D eigenvalue weighted by atomic mass is 16.6. The van der Waals surface area contributed by atoms with E-state index in [2.05, 4.69) is 4.90 Å². The molecule has 2 aliphatic heterocycles. The van der Waals surface area contributed by atoms with Gasteiger partial charge in [0.05, 0.1) is 29.8 Å². The third-order valence-electron chi connectivity index (χ3n) is 5.96. The Bertz CT molecular complexity index is 1080. The number of nitro groups is 1. The molecule has 33 heavy (non-hydrogen) atoms. The van der Waals surface area contributed by atoms with Crippen molar-refractivity contribution in [2.75, 3.05) is 39.4 Å². The summed E-state index contributed by atoms with van der Waals surface area (Å²) < 4.78 is 5.36. The number of amides is 1. The van der Waals surface area contributed by atoms with E-state index in [9.17, 15) is 24.8 Å². The molecule has 9 nitrogen and oxygen atoms in total. The maximum absolute atomic E-state index is 13.0. The summed E-state index contributed by atoms with van der Waals surface area (Å²) in [5.41, 5.74) is 0.607.